The molecule has 1 fully saturated rings. The van der Waals surface area contributed by atoms with Crippen molar-refractivity contribution < 1.29 is 9.53 Å². The van der Waals surface area contributed by atoms with E-state index < -0.39 is 0 Å². The first-order valence-corrected chi connectivity index (χ1v) is 5.26. The van der Waals surface area contributed by atoms with Crippen molar-refractivity contribution in [3.05, 3.63) is 0 Å². The molecule has 4 heteroatoms. The van der Waals surface area contributed by atoms with Gasteiger partial charge < -0.3 is 15.4 Å². The summed E-state index contributed by atoms with van der Waals surface area (Å²) in [5.74, 6) is 0.0756. The summed E-state index contributed by atoms with van der Waals surface area (Å²) in [5.41, 5.74) is 5.45. The molecule has 0 saturated heterocycles. The molecule has 82 valence electrons. The van der Waals surface area contributed by atoms with Crippen LogP contribution in [0.2, 0.25) is 0 Å². The maximum absolute atomic E-state index is 11.7. The predicted octanol–water partition coefficient (Wildman–Crippen LogP) is 0.361. The largest absolute Gasteiger partial charge is 0.369 e. The van der Waals surface area contributed by atoms with Crippen LogP contribution in [-0.2, 0) is 9.53 Å². The molecule has 1 saturated carbocycles. The van der Waals surface area contributed by atoms with Gasteiger partial charge in [0.25, 0.3) is 0 Å². The fourth-order valence-electron chi connectivity index (χ4n) is 1.36. The molecule has 0 aliphatic heterocycles. The summed E-state index contributed by atoms with van der Waals surface area (Å²) in [5, 5.41) is 0. The molecule has 0 aromatic rings. The highest BCUT2D eigenvalue weighted by atomic mass is 16.5. The molecule has 0 aromatic heterocycles. The van der Waals surface area contributed by atoms with Crippen LogP contribution in [0.1, 0.15) is 26.7 Å². The van der Waals surface area contributed by atoms with Gasteiger partial charge in [-0.3, -0.25) is 4.79 Å². The Bertz CT molecular complexity index is 191. The number of hydrogen-bond acceptors (Lipinski definition) is 3. The van der Waals surface area contributed by atoms with Crippen molar-refractivity contribution in [2.24, 2.45) is 5.73 Å². The number of ether oxygens (including phenoxy) is 1. The molecule has 0 spiro atoms. The molecule has 14 heavy (non-hydrogen) atoms. The van der Waals surface area contributed by atoms with E-state index in [9.17, 15) is 4.79 Å². The van der Waals surface area contributed by atoms with E-state index in [2.05, 4.69) is 0 Å². The van der Waals surface area contributed by atoms with Crippen molar-refractivity contribution in [3.63, 3.8) is 0 Å². The van der Waals surface area contributed by atoms with Crippen LogP contribution in [0, 0.1) is 0 Å². The lowest BCUT2D eigenvalue weighted by atomic mass is 10.4. The Morgan fingerprint density at radius 3 is 2.64 bits per heavy atom. The average Bonchev–Trinajstić information content (AvgIpc) is 2.93. The second-order valence-electron chi connectivity index (χ2n) is 3.97. The molecule has 0 unspecified atom stereocenters. The molecular weight excluding hydrogens is 180 g/mol. The van der Waals surface area contributed by atoms with E-state index in [4.69, 9.17) is 10.5 Å². The molecule has 1 aliphatic rings. The Morgan fingerprint density at radius 1 is 1.57 bits per heavy atom. The third kappa shape index (κ3) is 3.64. The Balaban J connectivity index is 2.30. The standard InChI is InChI=1S/C10H20N2O2/c1-8(2)14-7-10(13)12(6-5-11)9-3-4-9/h8-9H,3-7,11H2,1-2H3. The molecule has 0 aromatic carbocycles. The molecule has 0 bridgehead atoms. The van der Waals surface area contributed by atoms with Gasteiger partial charge in [0, 0.05) is 19.1 Å². The molecule has 0 heterocycles. The molecule has 0 atom stereocenters. The van der Waals surface area contributed by atoms with E-state index in [1.807, 2.05) is 18.7 Å². The summed E-state index contributed by atoms with van der Waals surface area (Å²) in [4.78, 5) is 13.5. The van der Waals surface area contributed by atoms with Gasteiger partial charge in [0.1, 0.15) is 6.61 Å². The first-order chi connectivity index (χ1) is 6.65. The van der Waals surface area contributed by atoms with Gasteiger partial charge in [-0.25, -0.2) is 0 Å². The summed E-state index contributed by atoms with van der Waals surface area (Å²) in [6.07, 6.45) is 2.35. The number of hydrogen-bond donors (Lipinski definition) is 1. The second kappa shape index (κ2) is 5.32. The van der Waals surface area contributed by atoms with E-state index in [1.165, 1.54) is 0 Å². The van der Waals surface area contributed by atoms with Gasteiger partial charge in [-0.15, -0.1) is 0 Å². The molecule has 1 aliphatic carbocycles. The summed E-state index contributed by atoms with van der Waals surface area (Å²) >= 11 is 0. The molecule has 1 amide bonds. The van der Waals surface area contributed by atoms with Crippen molar-refractivity contribution in [2.75, 3.05) is 19.7 Å². The minimum absolute atomic E-state index is 0.0756. The highest BCUT2D eigenvalue weighted by molar-refractivity contribution is 5.78. The zero-order valence-electron chi connectivity index (χ0n) is 9.03. The average molecular weight is 200 g/mol. The van der Waals surface area contributed by atoms with Crippen LogP contribution in [0.3, 0.4) is 0 Å². The normalized spacial score (nSPS) is 16.0. The van der Waals surface area contributed by atoms with E-state index >= 15 is 0 Å². The lowest BCUT2D eigenvalue weighted by molar-refractivity contribution is -0.138. The van der Waals surface area contributed by atoms with Gasteiger partial charge in [0.2, 0.25) is 5.91 Å². The lowest BCUT2D eigenvalue weighted by Gasteiger charge is -2.22. The predicted molar refractivity (Wildman–Crippen MR) is 54.9 cm³/mol. The van der Waals surface area contributed by atoms with Crippen LogP contribution >= 0.6 is 0 Å². The second-order valence-corrected chi connectivity index (χ2v) is 3.97. The monoisotopic (exact) mass is 200 g/mol. The zero-order chi connectivity index (χ0) is 10.6. The van der Waals surface area contributed by atoms with E-state index in [1.54, 1.807) is 0 Å². The third-order valence-electron chi connectivity index (χ3n) is 2.22. The van der Waals surface area contributed by atoms with Crippen molar-refractivity contribution in [1.82, 2.24) is 4.90 Å². The van der Waals surface area contributed by atoms with E-state index in [-0.39, 0.29) is 18.6 Å². The van der Waals surface area contributed by atoms with Crippen molar-refractivity contribution in [1.29, 1.82) is 0 Å². The Morgan fingerprint density at radius 2 is 2.21 bits per heavy atom. The van der Waals surface area contributed by atoms with Crippen LogP contribution in [0.4, 0.5) is 0 Å². The smallest absolute Gasteiger partial charge is 0.248 e. The van der Waals surface area contributed by atoms with Crippen LogP contribution < -0.4 is 5.73 Å². The van der Waals surface area contributed by atoms with Gasteiger partial charge in [0.05, 0.1) is 6.10 Å². The van der Waals surface area contributed by atoms with Crippen LogP contribution in [0.15, 0.2) is 0 Å². The molecular formula is C10H20N2O2. The number of nitrogens with two attached hydrogens (primary N) is 1. The molecule has 0 radical (unpaired) electrons. The quantitative estimate of drug-likeness (QED) is 0.673. The zero-order valence-corrected chi connectivity index (χ0v) is 9.03. The van der Waals surface area contributed by atoms with Gasteiger partial charge in [-0.1, -0.05) is 0 Å². The number of rotatable bonds is 6. The fraction of sp³-hybridized carbons (Fsp3) is 0.900. The Hall–Kier alpha value is -0.610. The van der Waals surface area contributed by atoms with Gasteiger partial charge in [0.15, 0.2) is 0 Å². The highest BCUT2D eigenvalue weighted by Gasteiger charge is 2.31. The highest BCUT2D eigenvalue weighted by Crippen LogP contribution is 2.26. The van der Waals surface area contributed by atoms with Crippen molar-refractivity contribution in [2.45, 2.75) is 38.8 Å². The SMILES string of the molecule is CC(C)OCC(=O)N(CCN)C1CC1. The van der Waals surface area contributed by atoms with Gasteiger partial charge in [-0.05, 0) is 26.7 Å². The Kier molecular flexibility index (Phi) is 4.35. The maximum atomic E-state index is 11.7. The summed E-state index contributed by atoms with van der Waals surface area (Å²) in [6, 6.07) is 0.432. The first-order valence-electron chi connectivity index (χ1n) is 5.26. The summed E-state index contributed by atoms with van der Waals surface area (Å²) in [7, 11) is 0. The summed E-state index contributed by atoms with van der Waals surface area (Å²) in [6.45, 7) is 5.23. The fourth-order valence-corrected chi connectivity index (χ4v) is 1.36. The van der Waals surface area contributed by atoms with Gasteiger partial charge in [-0.2, -0.15) is 0 Å². The van der Waals surface area contributed by atoms with E-state index in [0.29, 0.717) is 19.1 Å². The molecule has 1 rings (SSSR count). The third-order valence-corrected chi connectivity index (χ3v) is 2.22. The number of carbonyl (C=O) groups is 1. The topological polar surface area (TPSA) is 55.6 Å². The number of nitrogens with zero attached hydrogens (tertiary/aromatic N) is 1. The Labute approximate surface area is 85.4 Å². The lowest BCUT2D eigenvalue weighted by Crippen LogP contribution is -2.39. The van der Waals surface area contributed by atoms with Gasteiger partial charge >= 0.3 is 0 Å². The summed E-state index contributed by atoms with van der Waals surface area (Å²) < 4.78 is 5.28. The first kappa shape index (κ1) is 11.5. The number of carbonyl (C=O) groups excluding carboxylic acids is 1. The van der Waals surface area contributed by atoms with Crippen LogP contribution in [0.25, 0.3) is 0 Å². The molecule has 4 nitrogen and oxygen atoms in total. The minimum atomic E-state index is 0.0756. The van der Waals surface area contributed by atoms with Crippen LogP contribution in [0.5, 0.6) is 0 Å². The van der Waals surface area contributed by atoms with Crippen molar-refractivity contribution >= 4 is 5.91 Å². The minimum Gasteiger partial charge on any atom is -0.369 e. The number of amides is 1. The molecule has 2 N–H and O–H groups in total. The van der Waals surface area contributed by atoms with Crippen molar-refractivity contribution in [3.8, 4) is 0 Å². The van der Waals surface area contributed by atoms with E-state index in [0.717, 1.165) is 12.8 Å². The van der Waals surface area contributed by atoms with Crippen LogP contribution in [-0.4, -0.2) is 42.6 Å². The maximum Gasteiger partial charge on any atom is 0.248 e.